The second-order valence-electron chi connectivity index (χ2n) is 12.6. The minimum Gasteiger partial charge on any atom is -0.480 e. The Bertz CT molecular complexity index is 1690. The van der Waals surface area contributed by atoms with Crippen molar-refractivity contribution in [3.63, 3.8) is 0 Å². The van der Waals surface area contributed by atoms with Gasteiger partial charge in [-0.2, -0.15) is 0 Å². The van der Waals surface area contributed by atoms with Gasteiger partial charge in [-0.3, -0.25) is 0 Å². The number of hydrogen-bond acceptors (Lipinski definition) is 18. The van der Waals surface area contributed by atoms with E-state index in [4.69, 9.17) is 47.4 Å². The topological polar surface area (TPSA) is 235 Å². The zero-order chi connectivity index (χ0) is 39.3. The molecule has 2 N–H and O–H groups in total. The Morgan fingerprint density at radius 2 is 0.833 bits per heavy atom. The molecule has 5 aliphatic rings. The summed E-state index contributed by atoms with van der Waals surface area (Å²) in [6, 6.07) is 0. The number of cyclic esters (lactones) is 2. The molecule has 0 radical (unpaired) electrons. The number of hydrogen-bond donors (Lipinski definition) is 2. The van der Waals surface area contributed by atoms with Crippen molar-refractivity contribution in [2.45, 2.75) is 62.7 Å². The number of esters is 6. The Balaban J connectivity index is 1.13. The van der Waals surface area contributed by atoms with Crippen LogP contribution in [-0.4, -0.2) is 96.6 Å². The van der Waals surface area contributed by atoms with Crippen LogP contribution in [-0.2, 0) is 76.1 Å². The van der Waals surface area contributed by atoms with E-state index in [1.807, 2.05) is 0 Å². The second-order valence-corrected chi connectivity index (χ2v) is 12.6. The zero-order valence-electron chi connectivity index (χ0n) is 29.4. The van der Waals surface area contributed by atoms with Crippen LogP contribution < -0.4 is 0 Å². The summed E-state index contributed by atoms with van der Waals surface area (Å²) in [5, 5.41) is 20.2. The molecule has 3 fully saturated rings. The van der Waals surface area contributed by atoms with Crippen LogP contribution in [0.15, 0.2) is 94.9 Å². The smallest absolute Gasteiger partial charge is 0.348 e. The monoisotopic (exact) mass is 756 g/mol. The molecule has 288 valence electrons. The van der Waals surface area contributed by atoms with Gasteiger partial charge in [-0.15, -0.1) is 0 Å². The summed E-state index contributed by atoms with van der Waals surface area (Å²) in [5.41, 5.74) is -1.40. The van der Waals surface area contributed by atoms with Crippen molar-refractivity contribution in [3.8, 4) is 0 Å². The van der Waals surface area contributed by atoms with Gasteiger partial charge >= 0.3 is 35.8 Å². The van der Waals surface area contributed by atoms with Crippen LogP contribution in [0.25, 0.3) is 0 Å². The van der Waals surface area contributed by atoms with Crippen molar-refractivity contribution >= 4 is 35.8 Å². The van der Waals surface area contributed by atoms with Gasteiger partial charge in [-0.05, 0) is 24.3 Å². The lowest BCUT2D eigenvalue weighted by Crippen LogP contribution is -2.56. The standard InChI is InChI=1S/C36H36O18/c1-33(19-45-3)47-25(37)21(26(38)48-33)11-7-5-9-13-23-29(41)51-35(52-30(23)42)15-17-36(18-16-35)53-31(43)24(32(44)54-36)14-10-6-8-12-22-27(39)49-34(2,20-46-4)50-28(22)40/h5-14,37,39H,15-20H2,1-4H3. The van der Waals surface area contributed by atoms with Crippen LogP contribution in [0.5, 0.6) is 0 Å². The van der Waals surface area contributed by atoms with Gasteiger partial charge < -0.3 is 57.6 Å². The molecule has 54 heavy (non-hydrogen) atoms. The van der Waals surface area contributed by atoms with Gasteiger partial charge in [-0.25, -0.2) is 28.8 Å². The number of aliphatic hydroxyl groups excluding tert-OH is 2. The maximum absolute atomic E-state index is 12.8. The van der Waals surface area contributed by atoms with Gasteiger partial charge in [0.2, 0.25) is 0 Å². The van der Waals surface area contributed by atoms with E-state index in [9.17, 15) is 39.0 Å². The molecular formula is C36H36O18. The molecule has 2 spiro atoms. The SMILES string of the molecule is COCC1(C)OC(=O)C(C=CC=CC=C2C(=O)OC3(CCC4(CC3)OC(=O)C(=CC=CC=CC3=C(O)OC(C)(COC)OC3=O)C(=O)O4)OC2=O)=C(O)O1. The fourth-order valence-electron chi connectivity index (χ4n) is 5.69. The van der Waals surface area contributed by atoms with Crippen LogP contribution in [0.4, 0.5) is 0 Å². The third-order valence-corrected chi connectivity index (χ3v) is 8.22. The molecule has 2 atom stereocenters. The molecule has 0 amide bonds. The highest BCUT2D eigenvalue weighted by atomic mass is 16.8. The summed E-state index contributed by atoms with van der Waals surface area (Å²) >= 11 is 0. The molecule has 18 heteroatoms. The predicted molar refractivity (Wildman–Crippen MR) is 175 cm³/mol. The van der Waals surface area contributed by atoms with Crippen molar-refractivity contribution in [2.24, 2.45) is 0 Å². The van der Waals surface area contributed by atoms with E-state index in [2.05, 4.69) is 0 Å². The summed E-state index contributed by atoms with van der Waals surface area (Å²) in [6.07, 6.45) is 12.0. The van der Waals surface area contributed by atoms with E-state index < -0.39 is 82.0 Å². The molecule has 4 aliphatic heterocycles. The first kappa shape index (κ1) is 39.1. The third kappa shape index (κ3) is 8.56. The lowest BCUT2D eigenvalue weighted by Gasteiger charge is -2.45. The maximum atomic E-state index is 12.8. The van der Waals surface area contributed by atoms with Crippen molar-refractivity contribution in [3.05, 3.63) is 94.9 Å². The van der Waals surface area contributed by atoms with Crippen molar-refractivity contribution in [1.29, 1.82) is 0 Å². The van der Waals surface area contributed by atoms with Crippen molar-refractivity contribution in [2.75, 3.05) is 27.4 Å². The first-order chi connectivity index (χ1) is 25.5. The van der Waals surface area contributed by atoms with Gasteiger partial charge in [0.05, 0.1) is 0 Å². The summed E-state index contributed by atoms with van der Waals surface area (Å²) in [7, 11) is 2.74. The molecule has 0 aromatic rings. The summed E-state index contributed by atoms with van der Waals surface area (Å²) in [4.78, 5) is 75.8. The molecule has 2 unspecified atom stereocenters. The Labute approximate surface area is 307 Å². The summed E-state index contributed by atoms with van der Waals surface area (Å²) < 4.78 is 52.5. The van der Waals surface area contributed by atoms with Crippen LogP contribution in [0, 0.1) is 0 Å². The Kier molecular flexibility index (Phi) is 11.2. The fourth-order valence-corrected chi connectivity index (χ4v) is 5.69. The number of methoxy groups -OCH3 is 2. The molecule has 2 saturated heterocycles. The van der Waals surface area contributed by atoms with E-state index in [0.29, 0.717) is 0 Å². The third-order valence-electron chi connectivity index (χ3n) is 8.22. The highest BCUT2D eigenvalue weighted by Crippen LogP contribution is 2.45. The highest BCUT2D eigenvalue weighted by Gasteiger charge is 2.56. The highest BCUT2D eigenvalue weighted by molar-refractivity contribution is 6.16. The number of aliphatic hydroxyl groups is 2. The van der Waals surface area contributed by atoms with E-state index in [0.717, 1.165) is 12.2 Å². The summed E-state index contributed by atoms with van der Waals surface area (Å²) in [6.45, 7) is 2.58. The number of allylic oxidation sites excluding steroid dienone is 8. The first-order valence-electron chi connectivity index (χ1n) is 16.3. The normalized spacial score (nSPS) is 30.4. The quantitative estimate of drug-likeness (QED) is 0.107. The molecule has 0 bridgehead atoms. The second kappa shape index (κ2) is 15.5. The van der Waals surface area contributed by atoms with Gasteiger partial charge in [0.1, 0.15) is 35.5 Å². The Morgan fingerprint density at radius 3 is 1.13 bits per heavy atom. The zero-order valence-corrected chi connectivity index (χ0v) is 29.4. The average Bonchev–Trinajstić information content (AvgIpc) is 3.06. The minimum absolute atomic E-state index is 0.121. The molecule has 0 aromatic carbocycles. The largest absolute Gasteiger partial charge is 0.480 e. The molecule has 4 heterocycles. The van der Waals surface area contributed by atoms with Crippen molar-refractivity contribution in [1.82, 2.24) is 0 Å². The van der Waals surface area contributed by atoms with Crippen LogP contribution >= 0.6 is 0 Å². The molecule has 1 saturated carbocycles. The Hall–Kier alpha value is -6.14. The minimum atomic E-state index is -1.69. The van der Waals surface area contributed by atoms with Gasteiger partial charge in [0.25, 0.3) is 35.0 Å². The number of ether oxygens (including phenoxy) is 10. The van der Waals surface area contributed by atoms with Crippen LogP contribution in [0.2, 0.25) is 0 Å². The maximum Gasteiger partial charge on any atom is 0.348 e. The predicted octanol–water partition coefficient (Wildman–Crippen LogP) is 2.64. The lowest BCUT2D eigenvalue weighted by molar-refractivity contribution is -0.291. The molecule has 1 aliphatic carbocycles. The summed E-state index contributed by atoms with van der Waals surface area (Å²) in [5.74, 6) is -13.3. The van der Waals surface area contributed by atoms with Gasteiger partial charge in [0.15, 0.2) is 0 Å². The number of carbonyl (C=O) groups is 6. The van der Waals surface area contributed by atoms with Crippen LogP contribution in [0.1, 0.15) is 39.5 Å². The molecule has 18 nitrogen and oxygen atoms in total. The first-order valence-corrected chi connectivity index (χ1v) is 16.3. The van der Waals surface area contributed by atoms with E-state index in [-0.39, 0.29) is 50.0 Å². The fraction of sp³-hybridized carbons (Fsp3) is 0.389. The Morgan fingerprint density at radius 1 is 0.500 bits per heavy atom. The van der Waals surface area contributed by atoms with E-state index in [1.54, 1.807) is 0 Å². The molecule has 0 aromatic heterocycles. The van der Waals surface area contributed by atoms with E-state index >= 15 is 0 Å². The number of rotatable bonds is 10. The van der Waals surface area contributed by atoms with Gasteiger partial charge in [-0.1, -0.05) is 36.5 Å². The van der Waals surface area contributed by atoms with Crippen LogP contribution in [0.3, 0.4) is 0 Å². The van der Waals surface area contributed by atoms with Gasteiger partial charge in [0, 0.05) is 53.8 Å². The molecular weight excluding hydrogens is 720 g/mol. The van der Waals surface area contributed by atoms with Crippen molar-refractivity contribution < 1.29 is 86.3 Å². The molecule has 5 rings (SSSR count). The van der Waals surface area contributed by atoms with E-state index in [1.165, 1.54) is 76.7 Å². The lowest BCUT2D eigenvalue weighted by atomic mass is 9.87. The average molecular weight is 757 g/mol. The number of carbonyl (C=O) groups excluding carboxylic acids is 6.